The number of halogens is 3. The third-order valence-corrected chi connectivity index (χ3v) is 6.21. The van der Waals surface area contributed by atoms with Crippen molar-refractivity contribution in [2.45, 2.75) is 44.9 Å². The molecule has 3 aromatic rings. The maximum absolute atomic E-state index is 12.7. The predicted octanol–water partition coefficient (Wildman–Crippen LogP) is 5.55. The molecule has 0 aliphatic heterocycles. The number of aromatic nitrogens is 3. The Kier molecular flexibility index (Phi) is 6.19. The first-order valence-corrected chi connectivity index (χ1v) is 11.0. The summed E-state index contributed by atoms with van der Waals surface area (Å²) in [6.07, 6.45) is 0.462. The molecule has 5 nitrogen and oxygen atoms in total. The van der Waals surface area contributed by atoms with Crippen LogP contribution in [-0.4, -0.2) is 34.0 Å². The van der Waals surface area contributed by atoms with E-state index in [-0.39, 0.29) is 5.56 Å². The SMILES string of the molecule is C=CC(=C)NCc1nn(-c2ccc(CC(F)(F)F)cc2)c2nccc(N(C)C3CC(C)C3)c12. The molecule has 33 heavy (non-hydrogen) atoms. The van der Waals surface area contributed by atoms with Crippen molar-refractivity contribution in [3.63, 3.8) is 0 Å². The Hall–Kier alpha value is -3.29. The fourth-order valence-electron chi connectivity index (χ4n) is 4.32. The van der Waals surface area contributed by atoms with E-state index in [1.54, 1.807) is 29.1 Å². The van der Waals surface area contributed by atoms with Crippen LogP contribution in [0.15, 0.2) is 61.5 Å². The minimum atomic E-state index is -4.24. The van der Waals surface area contributed by atoms with E-state index in [0.717, 1.165) is 29.6 Å². The molecule has 1 aliphatic carbocycles. The normalized spacial score (nSPS) is 18.1. The molecular formula is C25H28F3N5. The van der Waals surface area contributed by atoms with Gasteiger partial charge in [-0.2, -0.15) is 18.3 Å². The molecule has 1 N–H and O–H groups in total. The summed E-state index contributed by atoms with van der Waals surface area (Å²) in [4.78, 5) is 6.88. The maximum atomic E-state index is 12.7. The lowest BCUT2D eigenvalue weighted by Crippen LogP contribution is -2.41. The van der Waals surface area contributed by atoms with Crippen LogP contribution in [0.2, 0.25) is 0 Å². The molecule has 0 atom stereocenters. The molecule has 0 spiro atoms. The van der Waals surface area contributed by atoms with E-state index in [1.807, 2.05) is 6.07 Å². The number of hydrogen-bond donors (Lipinski definition) is 1. The van der Waals surface area contributed by atoms with Crippen LogP contribution in [-0.2, 0) is 13.0 Å². The molecule has 0 amide bonds. The van der Waals surface area contributed by atoms with Gasteiger partial charge in [-0.3, -0.25) is 0 Å². The molecule has 1 aromatic carbocycles. The van der Waals surface area contributed by atoms with Gasteiger partial charge in [0, 0.05) is 25.0 Å². The second kappa shape index (κ2) is 8.92. The third kappa shape index (κ3) is 4.89. The minimum Gasteiger partial charge on any atom is -0.380 e. The highest BCUT2D eigenvalue weighted by atomic mass is 19.4. The van der Waals surface area contributed by atoms with Gasteiger partial charge in [0.2, 0.25) is 0 Å². The Balaban J connectivity index is 1.76. The van der Waals surface area contributed by atoms with Crippen molar-refractivity contribution < 1.29 is 13.2 Å². The molecule has 0 radical (unpaired) electrons. The van der Waals surface area contributed by atoms with Gasteiger partial charge >= 0.3 is 6.18 Å². The van der Waals surface area contributed by atoms with Gasteiger partial charge in [-0.25, -0.2) is 9.67 Å². The fourth-order valence-corrected chi connectivity index (χ4v) is 4.32. The van der Waals surface area contributed by atoms with Crippen molar-refractivity contribution in [1.82, 2.24) is 20.1 Å². The fraction of sp³-hybridized carbons (Fsp3) is 0.360. The third-order valence-electron chi connectivity index (χ3n) is 6.21. The predicted molar refractivity (Wildman–Crippen MR) is 125 cm³/mol. The van der Waals surface area contributed by atoms with Crippen molar-refractivity contribution in [3.05, 3.63) is 72.7 Å². The molecule has 2 heterocycles. The van der Waals surface area contributed by atoms with Crippen molar-refractivity contribution >= 4 is 16.7 Å². The first-order chi connectivity index (χ1) is 15.7. The molecule has 0 unspecified atom stereocenters. The molecule has 0 bridgehead atoms. The van der Waals surface area contributed by atoms with Crippen LogP contribution in [0.1, 0.15) is 31.0 Å². The molecule has 1 fully saturated rings. The summed E-state index contributed by atoms with van der Waals surface area (Å²) in [5.41, 5.74) is 4.04. The van der Waals surface area contributed by atoms with Crippen molar-refractivity contribution in [2.75, 3.05) is 11.9 Å². The number of rotatable bonds is 8. The van der Waals surface area contributed by atoms with E-state index in [0.29, 0.717) is 35.5 Å². The maximum Gasteiger partial charge on any atom is 0.393 e. The molecule has 2 aromatic heterocycles. The molecule has 1 saturated carbocycles. The van der Waals surface area contributed by atoms with Crippen LogP contribution in [0.25, 0.3) is 16.7 Å². The van der Waals surface area contributed by atoms with Crippen LogP contribution < -0.4 is 10.2 Å². The number of nitrogens with zero attached hydrogens (tertiary/aromatic N) is 4. The highest BCUT2D eigenvalue weighted by Crippen LogP contribution is 2.37. The quantitative estimate of drug-likeness (QED) is 0.453. The van der Waals surface area contributed by atoms with Gasteiger partial charge in [0.15, 0.2) is 5.65 Å². The van der Waals surface area contributed by atoms with Crippen LogP contribution >= 0.6 is 0 Å². The smallest absolute Gasteiger partial charge is 0.380 e. The van der Waals surface area contributed by atoms with Gasteiger partial charge in [0.05, 0.1) is 35.4 Å². The molecule has 0 saturated heterocycles. The first kappa shape index (κ1) is 22.9. The molecule has 8 heteroatoms. The van der Waals surface area contributed by atoms with Crippen molar-refractivity contribution in [2.24, 2.45) is 5.92 Å². The molecule has 1 aliphatic rings. The number of hydrogen-bond acceptors (Lipinski definition) is 4. The van der Waals surface area contributed by atoms with Crippen molar-refractivity contribution in [1.29, 1.82) is 0 Å². The lowest BCUT2D eigenvalue weighted by atomic mass is 9.81. The zero-order chi connectivity index (χ0) is 23.8. The number of fused-ring (bicyclic) bond motifs is 1. The molecule has 4 rings (SSSR count). The zero-order valence-corrected chi connectivity index (χ0v) is 18.9. The van der Waals surface area contributed by atoms with Crippen LogP contribution in [0.5, 0.6) is 0 Å². The summed E-state index contributed by atoms with van der Waals surface area (Å²) in [6, 6.07) is 8.73. The van der Waals surface area contributed by atoms with Crippen LogP contribution in [0.3, 0.4) is 0 Å². The van der Waals surface area contributed by atoms with Gasteiger partial charge in [-0.1, -0.05) is 32.2 Å². The lowest BCUT2D eigenvalue weighted by molar-refractivity contribution is -0.127. The minimum absolute atomic E-state index is 0.208. The van der Waals surface area contributed by atoms with E-state index < -0.39 is 12.6 Å². The number of nitrogens with one attached hydrogen (secondary N) is 1. The summed E-state index contributed by atoms with van der Waals surface area (Å²) in [6.45, 7) is 10.3. The second-order valence-electron chi connectivity index (χ2n) is 8.77. The van der Waals surface area contributed by atoms with E-state index in [1.165, 1.54) is 12.1 Å². The van der Waals surface area contributed by atoms with E-state index in [2.05, 4.69) is 42.3 Å². The van der Waals surface area contributed by atoms with E-state index in [9.17, 15) is 13.2 Å². The second-order valence-corrected chi connectivity index (χ2v) is 8.77. The van der Waals surface area contributed by atoms with Crippen LogP contribution in [0, 0.1) is 5.92 Å². The Morgan fingerprint density at radius 1 is 1.24 bits per heavy atom. The summed E-state index contributed by atoms with van der Waals surface area (Å²) in [7, 11) is 2.09. The number of alkyl halides is 3. The number of pyridine rings is 1. The topological polar surface area (TPSA) is 46.0 Å². The zero-order valence-electron chi connectivity index (χ0n) is 18.9. The highest BCUT2D eigenvalue weighted by molar-refractivity contribution is 5.93. The Morgan fingerprint density at radius 3 is 2.55 bits per heavy atom. The van der Waals surface area contributed by atoms with Crippen molar-refractivity contribution in [3.8, 4) is 5.69 Å². The van der Waals surface area contributed by atoms with Crippen LogP contribution in [0.4, 0.5) is 18.9 Å². The number of anilines is 1. The monoisotopic (exact) mass is 455 g/mol. The Bertz CT molecular complexity index is 1160. The van der Waals surface area contributed by atoms with Gasteiger partial charge in [0.25, 0.3) is 0 Å². The largest absolute Gasteiger partial charge is 0.393 e. The van der Waals surface area contributed by atoms with Gasteiger partial charge in [-0.15, -0.1) is 0 Å². The number of benzene rings is 1. The average molecular weight is 456 g/mol. The van der Waals surface area contributed by atoms with Gasteiger partial charge in [-0.05, 0) is 48.6 Å². The Labute approximate surface area is 191 Å². The number of allylic oxidation sites excluding steroid dienone is 1. The molecule has 174 valence electrons. The highest BCUT2D eigenvalue weighted by Gasteiger charge is 2.31. The van der Waals surface area contributed by atoms with E-state index in [4.69, 9.17) is 5.10 Å². The standard InChI is InChI=1S/C25H28F3N5/c1-5-17(3)30-15-21-23-22(32(4)20-12-16(2)13-20)10-11-29-24(23)33(31-21)19-8-6-18(7-9-19)14-25(26,27)28/h5-11,16,20,30H,1,3,12-15H2,2,4H3. The van der Waals surface area contributed by atoms with E-state index >= 15 is 0 Å². The van der Waals surface area contributed by atoms with Gasteiger partial charge < -0.3 is 10.2 Å². The first-order valence-electron chi connectivity index (χ1n) is 11.0. The average Bonchev–Trinajstić information content (AvgIpc) is 3.13. The summed E-state index contributed by atoms with van der Waals surface area (Å²) in [5.74, 6) is 0.713. The Morgan fingerprint density at radius 2 is 1.94 bits per heavy atom. The van der Waals surface area contributed by atoms with Gasteiger partial charge in [0.1, 0.15) is 0 Å². The summed E-state index contributed by atoms with van der Waals surface area (Å²) in [5, 5.41) is 8.93. The summed E-state index contributed by atoms with van der Waals surface area (Å²) >= 11 is 0. The molecular weight excluding hydrogens is 427 g/mol. The lowest BCUT2D eigenvalue weighted by Gasteiger charge is -2.41. The summed E-state index contributed by atoms with van der Waals surface area (Å²) < 4.78 is 39.9.